The quantitative estimate of drug-likeness (QED) is 0.494. The summed E-state index contributed by atoms with van der Waals surface area (Å²) in [7, 11) is 1.36. The lowest BCUT2D eigenvalue weighted by Crippen LogP contribution is -2.04. The van der Waals surface area contributed by atoms with Gasteiger partial charge >= 0.3 is 0 Å². The summed E-state index contributed by atoms with van der Waals surface area (Å²) in [6, 6.07) is 5.38. The highest BCUT2D eigenvalue weighted by Gasteiger charge is 2.22. The summed E-state index contributed by atoms with van der Waals surface area (Å²) in [5, 5.41) is 40.7. The van der Waals surface area contributed by atoms with Crippen LogP contribution < -0.4 is 10.2 Å². The van der Waals surface area contributed by atoms with Crippen molar-refractivity contribution in [3.05, 3.63) is 52.2 Å². The van der Waals surface area contributed by atoms with Crippen LogP contribution in [0.1, 0.15) is 18.9 Å². The fraction of sp³-hybridized carbons (Fsp3) is 0.190. The highest BCUT2D eigenvalue weighted by Crippen LogP contribution is 2.40. The molecule has 0 saturated heterocycles. The van der Waals surface area contributed by atoms with Gasteiger partial charge in [0.1, 0.15) is 22.5 Å². The zero-order valence-electron chi connectivity index (χ0n) is 15.4. The van der Waals surface area contributed by atoms with Gasteiger partial charge < -0.3 is 29.6 Å². The van der Waals surface area contributed by atoms with Gasteiger partial charge in [-0.1, -0.05) is 5.57 Å². The summed E-state index contributed by atoms with van der Waals surface area (Å²) in [4.78, 5) is 12.7. The maximum atomic E-state index is 12.7. The third kappa shape index (κ3) is 3.22. The molecule has 0 spiro atoms. The van der Waals surface area contributed by atoms with Crippen LogP contribution >= 0.6 is 0 Å². The van der Waals surface area contributed by atoms with Gasteiger partial charge in [0.15, 0.2) is 17.3 Å². The smallest absolute Gasteiger partial charge is 0.238 e. The lowest BCUT2D eigenvalue weighted by Gasteiger charge is -2.12. The van der Waals surface area contributed by atoms with E-state index in [0.29, 0.717) is 6.42 Å². The van der Waals surface area contributed by atoms with E-state index >= 15 is 0 Å². The molecular weight excluding hydrogens is 364 g/mol. The van der Waals surface area contributed by atoms with Gasteiger partial charge in [-0.25, -0.2) is 0 Å². The molecule has 3 rings (SSSR count). The van der Waals surface area contributed by atoms with Crippen LogP contribution in [0.5, 0.6) is 28.7 Å². The lowest BCUT2D eigenvalue weighted by molar-refractivity contribution is 0.373. The van der Waals surface area contributed by atoms with Crippen LogP contribution in [0, 0.1) is 0 Å². The van der Waals surface area contributed by atoms with Crippen LogP contribution in [0.25, 0.3) is 22.3 Å². The number of phenolic OH excluding ortho intramolecular Hbond substituents is 3. The number of phenols is 3. The van der Waals surface area contributed by atoms with Crippen LogP contribution in [-0.2, 0) is 6.42 Å². The number of methoxy groups -OCH3 is 1. The Morgan fingerprint density at radius 1 is 1.11 bits per heavy atom. The molecule has 28 heavy (non-hydrogen) atoms. The van der Waals surface area contributed by atoms with E-state index in [9.17, 15) is 25.2 Å². The van der Waals surface area contributed by atoms with Crippen molar-refractivity contribution in [3.63, 3.8) is 0 Å². The largest absolute Gasteiger partial charge is 0.507 e. The van der Waals surface area contributed by atoms with Crippen LogP contribution in [0.3, 0.4) is 0 Å². The zero-order chi connectivity index (χ0) is 20.6. The van der Waals surface area contributed by atoms with Crippen LogP contribution in [0.15, 0.2) is 45.6 Å². The van der Waals surface area contributed by atoms with Gasteiger partial charge in [0.25, 0.3) is 0 Å². The molecule has 7 heteroatoms. The molecule has 0 radical (unpaired) electrons. The average Bonchev–Trinajstić information content (AvgIpc) is 2.64. The Kier molecular flexibility index (Phi) is 4.92. The Hall–Kier alpha value is -3.61. The van der Waals surface area contributed by atoms with Gasteiger partial charge in [-0.15, -0.1) is 6.58 Å². The van der Waals surface area contributed by atoms with E-state index < -0.39 is 16.9 Å². The van der Waals surface area contributed by atoms with Gasteiger partial charge in [-0.3, -0.25) is 4.79 Å². The van der Waals surface area contributed by atoms with E-state index in [-0.39, 0.29) is 51.5 Å². The standard InChI is InChI=1S/C21H20O7/c1-10(2)4-6-12-14(23)9-16-17(18(12)24)19(25)20(26)21(28-16)11-5-7-13(22)15(8-11)27-3/h5,7-9,22-24,26H,1,4,6H2,2-3H3. The highest BCUT2D eigenvalue weighted by molar-refractivity contribution is 5.90. The molecule has 4 N–H and O–H groups in total. The molecule has 0 unspecified atom stereocenters. The molecule has 0 fully saturated rings. The fourth-order valence-corrected chi connectivity index (χ4v) is 2.95. The molecule has 0 atom stereocenters. The molecule has 1 heterocycles. The molecule has 146 valence electrons. The van der Waals surface area contributed by atoms with Gasteiger partial charge in [-0.2, -0.15) is 0 Å². The maximum absolute atomic E-state index is 12.7. The van der Waals surface area contributed by atoms with Gasteiger partial charge in [-0.05, 0) is 38.0 Å². The molecule has 0 aliphatic rings. The van der Waals surface area contributed by atoms with E-state index in [0.717, 1.165) is 5.57 Å². The zero-order valence-corrected chi connectivity index (χ0v) is 15.4. The van der Waals surface area contributed by atoms with Crippen molar-refractivity contribution < 1.29 is 29.6 Å². The Morgan fingerprint density at radius 2 is 1.82 bits per heavy atom. The normalized spacial score (nSPS) is 10.9. The second-order valence-electron chi connectivity index (χ2n) is 6.55. The van der Waals surface area contributed by atoms with Crippen molar-refractivity contribution >= 4 is 11.0 Å². The summed E-state index contributed by atoms with van der Waals surface area (Å²) >= 11 is 0. The third-order valence-corrected chi connectivity index (χ3v) is 4.46. The summed E-state index contributed by atoms with van der Waals surface area (Å²) < 4.78 is 10.6. The Bertz CT molecular complexity index is 1140. The second kappa shape index (κ2) is 7.19. The first-order valence-corrected chi connectivity index (χ1v) is 8.50. The number of fused-ring (bicyclic) bond motifs is 1. The van der Waals surface area contributed by atoms with Crippen LogP contribution in [-0.4, -0.2) is 27.5 Å². The molecule has 2 aromatic carbocycles. The molecule has 0 bridgehead atoms. The van der Waals surface area contributed by atoms with Gasteiger partial charge in [0.05, 0.1) is 7.11 Å². The van der Waals surface area contributed by atoms with Crippen molar-refractivity contribution in [2.45, 2.75) is 19.8 Å². The molecule has 0 amide bonds. The number of aromatic hydroxyl groups is 4. The molecule has 1 aromatic heterocycles. The van der Waals surface area contributed by atoms with Crippen molar-refractivity contribution in [1.82, 2.24) is 0 Å². The fourth-order valence-electron chi connectivity index (χ4n) is 2.95. The molecule has 0 aliphatic carbocycles. The summed E-state index contributed by atoms with van der Waals surface area (Å²) in [5.74, 6) is -1.53. The highest BCUT2D eigenvalue weighted by atomic mass is 16.5. The number of benzene rings is 2. The summed E-state index contributed by atoms with van der Waals surface area (Å²) in [6.07, 6.45) is 0.787. The third-order valence-electron chi connectivity index (χ3n) is 4.46. The summed E-state index contributed by atoms with van der Waals surface area (Å²) in [6.45, 7) is 5.59. The van der Waals surface area contributed by atoms with Crippen molar-refractivity contribution in [3.8, 4) is 40.1 Å². The van der Waals surface area contributed by atoms with Crippen molar-refractivity contribution in [2.75, 3.05) is 7.11 Å². The maximum Gasteiger partial charge on any atom is 0.238 e. The molecule has 7 nitrogen and oxygen atoms in total. The Labute approximate surface area is 160 Å². The van der Waals surface area contributed by atoms with Gasteiger partial charge in [0.2, 0.25) is 11.2 Å². The predicted octanol–water partition coefficient (Wildman–Crippen LogP) is 3.80. The van der Waals surface area contributed by atoms with E-state index in [1.807, 2.05) is 6.92 Å². The van der Waals surface area contributed by atoms with Crippen molar-refractivity contribution in [2.24, 2.45) is 0 Å². The minimum absolute atomic E-state index is 0.0843. The Morgan fingerprint density at radius 3 is 2.46 bits per heavy atom. The van der Waals surface area contributed by atoms with Gasteiger partial charge in [0, 0.05) is 17.2 Å². The number of hydrogen-bond acceptors (Lipinski definition) is 7. The van der Waals surface area contributed by atoms with Crippen LogP contribution in [0.2, 0.25) is 0 Å². The van der Waals surface area contributed by atoms with E-state index in [2.05, 4.69) is 6.58 Å². The first kappa shape index (κ1) is 19.2. The van der Waals surface area contributed by atoms with E-state index in [4.69, 9.17) is 9.15 Å². The number of ether oxygens (including phenoxy) is 1. The first-order chi connectivity index (χ1) is 13.2. The van der Waals surface area contributed by atoms with Crippen LogP contribution in [0.4, 0.5) is 0 Å². The first-order valence-electron chi connectivity index (χ1n) is 8.50. The topological polar surface area (TPSA) is 120 Å². The van der Waals surface area contributed by atoms with E-state index in [1.54, 1.807) is 0 Å². The minimum Gasteiger partial charge on any atom is -0.507 e. The molecular formula is C21H20O7. The SMILES string of the molecule is C=C(C)CCc1c(O)cc2oc(-c3ccc(O)c(OC)c3)c(O)c(=O)c2c1O. The minimum atomic E-state index is -0.836. The monoisotopic (exact) mass is 384 g/mol. The number of rotatable bonds is 5. The molecule has 0 aliphatic heterocycles. The van der Waals surface area contributed by atoms with Crippen molar-refractivity contribution in [1.29, 1.82) is 0 Å². The van der Waals surface area contributed by atoms with E-state index in [1.165, 1.54) is 31.4 Å². The number of allylic oxidation sites excluding steroid dienone is 1. The second-order valence-corrected chi connectivity index (χ2v) is 6.55. The Balaban J connectivity index is 2.24. The summed E-state index contributed by atoms with van der Waals surface area (Å²) in [5.41, 5.74) is 0.388. The molecule has 3 aromatic rings. The average molecular weight is 384 g/mol. The molecule has 0 saturated carbocycles. The predicted molar refractivity (Wildman–Crippen MR) is 104 cm³/mol. The lowest BCUT2D eigenvalue weighted by atomic mass is 10.0. The number of hydrogen-bond donors (Lipinski definition) is 4.